The summed E-state index contributed by atoms with van der Waals surface area (Å²) in [7, 11) is 0. The fourth-order valence-corrected chi connectivity index (χ4v) is 9.54. The molecule has 0 saturated carbocycles. The maximum atomic E-state index is 6.75. The molecule has 0 N–H and O–H groups in total. The van der Waals surface area contributed by atoms with Crippen LogP contribution in [0.3, 0.4) is 0 Å². The topological polar surface area (TPSA) is 16.4 Å². The van der Waals surface area contributed by atoms with Crippen LogP contribution in [0.5, 0.6) is 0 Å². The van der Waals surface area contributed by atoms with Crippen LogP contribution in [0.25, 0.3) is 98.4 Å². The Morgan fingerprint density at radius 3 is 1.62 bits per heavy atom. The Bertz CT molecular complexity index is 3600. The van der Waals surface area contributed by atoms with Gasteiger partial charge in [-0.05, 0) is 107 Å². The Kier molecular flexibility index (Phi) is 7.89. The minimum atomic E-state index is 0.862. The third-order valence-corrected chi connectivity index (χ3v) is 12.2. The molecule has 0 aliphatic rings. The van der Waals surface area contributed by atoms with Crippen LogP contribution in [0, 0.1) is 0 Å². The van der Waals surface area contributed by atoms with E-state index in [4.69, 9.17) is 4.42 Å². The second-order valence-corrected chi connectivity index (χ2v) is 15.6. The molecule has 2 heteroatoms. The van der Waals surface area contributed by atoms with E-state index in [-0.39, 0.29) is 0 Å². The van der Waals surface area contributed by atoms with Gasteiger partial charge in [0.25, 0.3) is 0 Å². The van der Waals surface area contributed by atoms with Crippen molar-refractivity contribution >= 4 is 82.1 Å². The molecule has 0 aliphatic heterocycles. The van der Waals surface area contributed by atoms with Gasteiger partial charge in [-0.15, -0.1) is 0 Å². The van der Waals surface area contributed by atoms with Crippen LogP contribution >= 0.6 is 0 Å². The molecule has 0 spiro atoms. The molecule has 11 aromatic carbocycles. The first-order valence-corrected chi connectivity index (χ1v) is 20.6. The Labute approximate surface area is 347 Å². The van der Waals surface area contributed by atoms with Crippen LogP contribution in [0.1, 0.15) is 0 Å². The van der Waals surface area contributed by atoms with E-state index < -0.39 is 0 Å². The van der Waals surface area contributed by atoms with Crippen molar-refractivity contribution in [2.45, 2.75) is 0 Å². The number of nitrogens with zero attached hydrogens (tertiary/aromatic N) is 1. The van der Waals surface area contributed by atoms with E-state index in [1.165, 1.54) is 65.3 Å². The van der Waals surface area contributed by atoms with Crippen LogP contribution in [-0.4, -0.2) is 0 Å². The summed E-state index contributed by atoms with van der Waals surface area (Å²) >= 11 is 0. The Hall–Kier alpha value is -7.94. The molecule has 1 heterocycles. The van der Waals surface area contributed by atoms with Crippen LogP contribution < -0.4 is 4.90 Å². The number of para-hydroxylation sites is 2. The summed E-state index contributed by atoms with van der Waals surface area (Å²) in [6.45, 7) is 0. The molecule has 12 aromatic rings. The van der Waals surface area contributed by atoms with Crippen molar-refractivity contribution in [1.82, 2.24) is 0 Å². The molecular weight excluding hydrogens is 727 g/mol. The van der Waals surface area contributed by atoms with E-state index in [1.807, 2.05) is 6.07 Å². The molecule has 0 aliphatic carbocycles. The van der Waals surface area contributed by atoms with E-state index in [9.17, 15) is 0 Å². The number of benzene rings is 11. The second-order valence-electron chi connectivity index (χ2n) is 15.6. The lowest BCUT2D eigenvalue weighted by molar-refractivity contribution is 0.669. The predicted octanol–water partition coefficient (Wildman–Crippen LogP) is 16.7. The van der Waals surface area contributed by atoms with Crippen molar-refractivity contribution in [1.29, 1.82) is 0 Å². The molecule has 12 rings (SSSR count). The van der Waals surface area contributed by atoms with Crippen molar-refractivity contribution in [3.05, 3.63) is 224 Å². The van der Waals surface area contributed by atoms with Gasteiger partial charge >= 0.3 is 0 Å². The van der Waals surface area contributed by atoms with Gasteiger partial charge in [0.1, 0.15) is 5.58 Å². The fourth-order valence-electron chi connectivity index (χ4n) is 9.54. The number of anilines is 3. The lowest BCUT2D eigenvalue weighted by Crippen LogP contribution is -2.11. The summed E-state index contributed by atoms with van der Waals surface area (Å²) in [6.07, 6.45) is 0. The van der Waals surface area contributed by atoms with Gasteiger partial charge in [0.15, 0.2) is 5.58 Å². The quantitative estimate of drug-likeness (QED) is 0.157. The van der Waals surface area contributed by atoms with Crippen LogP contribution in [-0.2, 0) is 0 Å². The highest BCUT2D eigenvalue weighted by Gasteiger charge is 2.23. The average molecular weight is 764 g/mol. The normalized spacial score (nSPS) is 11.7. The average Bonchev–Trinajstić information content (AvgIpc) is 3.71. The first kappa shape index (κ1) is 34.1. The molecule has 0 amide bonds. The van der Waals surface area contributed by atoms with E-state index in [2.05, 4.69) is 223 Å². The van der Waals surface area contributed by atoms with Gasteiger partial charge in [-0.2, -0.15) is 0 Å². The van der Waals surface area contributed by atoms with Crippen LogP contribution in [0.4, 0.5) is 17.1 Å². The van der Waals surface area contributed by atoms with E-state index >= 15 is 0 Å². The van der Waals surface area contributed by atoms with Crippen molar-refractivity contribution in [2.24, 2.45) is 0 Å². The van der Waals surface area contributed by atoms with Gasteiger partial charge < -0.3 is 9.32 Å². The number of rotatable bonds is 6. The Balaban J connectivity index is 1.11. The van der Waals surface area contributed by atoms with Crippen LogP contribution in [0.2, 0.25) is 0 Å². The zero-order valence-electron chi connectivity index (χ0n) is 32.7. The second kappa shape index (κ2) is 13.9. The maximum Gasteiger partial charge on any atom is 0.159 e. The van der Waals surface area contributed by atoms with Gasteiger partial charge in [0, 0.05) is 21.8 Å². The smallest absolute Gasteiger partial charge is 0.159 e. The molecular formula is C58H37NO. The van der Waals surface area contributed by atoms with Crippen molar-refractivity contribution < 1.29 is 4.42 Å². The SMILES string of the molecule is c1ccc(-c2c(-c3ccccc3)c3cc(-c4cccc(N(c5cccc6c5ccc5ccccc56)c5cccc6c5oc5ccccc56)c4)ccc3c3ccccc23)cc1. The number of furan rings is 1. The molecule has 0 radical (unpaired) electrons. The first-order chi connectivity index (χ1) is 29.8. The third-order valence-electron chi connectivity index (χ3n) is 12.2. The largest absolute Gasteiger partial charge is 0.454 e. The third kappa shape index (κ3) is 5.42. The van der Waals surface area contributed by atoms with Gasteiger partial charge in [0.2, 0.25) is 0 Å². The van der Waals surface area contributed by atoms with Crippen molar-refractivity contribution in [2.75, 3.05) is 4.90 Å². The summed E-state index contributed by atoms with van der Waals surface area (Å²) in [6, 6.07) is 81.3. The van der Waals surface area contributed by atoms with Gasteiger partial charge in [-0.3, -0.25) is 0 Å². The van der Waals surface area contributed by atoms with E-state index in [1.54, 1.807) is 0 Å². The van der Waals surface area contributed by atoms with Gasteiger partial charge in [0.05, 0.1) is 11.4 Å². The molecule has 0 saturated heterocycles. The number of fused-ring (bicyclic) bond motifs is 9. The summed E-state index contributed by atoms with van der Waals surface area (Å²) < 4.78 is 6.75. The van der Waals surface area contributed by atoms with Crippen molar-refractivity contribution in [3.8, 4) is 33.4 Å². The molecule has 280 valence electrons. The molecule has 0 bridgehead atoms. The first-order valence-electron chi connectivity index (χ1n) is 20.6. The highest BCUT2D eigenvalue weighted by atomic mass is 16.3. The van der Waals surface area contributed by atoms with Gasteiger partial charge in [-0.25, -0.2) is 0 Å². The van der Waals surface area contributed by atoms with E-state index in [0.29, 0.717) is 0 Å². The molecule has 1 aromatic heterocycles. The molecule has 60 heavy (non-hydrogen) atoms. The molecule has 0 atom stereocenters. The Morgan fingerprint density at radius 2 is 0.817 bits per heavy atom. The minimum absolute atomic E-state index is 0.862. The summed E-state index contributed by atoms with van der Waals surface area (Å²) in [5.74, 6) is 0. The Morgan fingerprint density at radius 1 is 0.283 bits per heavy atom. The van der Waals surface area contributed by atoms with Gasteiger partial charge in [-0.1, -0.05) is 188 Å². The van der Waals surface area contributed by atoms with E-state index in [0.717, 1.165) is 50.1 Å². The zero-order valence-corrected chi connectivity index (χ0v) is 32.7. The highest BCUT2D eigenvalue weighted by molar-refractivity contribution is 6.22. The maximum absolute atomic E-state index is 6.75. The lowest BCUT2D eigenvalue weighted by Gasteiger charge is -2.27. The van der Waals surface area contributed by atoms with Crippen molar-refractivity contribution in [3.63, 3.8) is 0 Å². The monoisotopic (exact) mass is 763 g/mol. The molecule has 0 fully saturated rings. The highest BCUT2D eigenvalue weighted by Crippen LogP contribution is 2.48. The molecule has 0 unspecified atom stereocenters. The fraction of sp³-hybridized carbons (Fsp3) is 0. The summed E-state index contributed by atoms with van der Waals surface area (Å²) in [5, 5.41) is 12.0. The number of hydrogen-bond acceptors (Lipinski definition) is 2. The molecule has 2 nitrogen and oxygen atoms in total. The summed E-state index contributed by atoms with van der Waals surface area (Å²) in [5.41, 5.74) is 12.1. The zero-order chi connectivity index (χ0) is 39.6. The van der Waals surface area contributed by atoms with Crippen LogP contribution in [0.15, 0.2) is 229 Å². The summed E-state index contributed by atoms with van der Waals surface area (Å²) in [4.78, 5) is 2.39. The standard InChI is InChI=1S/C58H37NO/c1-3-17-39(18-4-1)56-50-26-10-9-24-46(50)47-34-33-42(37-52(47)57(56)40-19-5-2-6-20-40)41-21-13-22-43(36-41)59(54-30-15-28-51-49-25-11-12-31-55(49)60-58(51)54)53-29-14-27-45-44-23-8-7-16-38(44)32-35-48(45)53/h1-37H. The predicted molar refractivity (Wildman–Crippen MR) is 255 cm³/mol. The lowest BCUT2D eigenvalue weighted by atomic mass is 9.84. The number of hydrogen-bond donors (Lipinski definition) is 0. The minimum Gasteiger partial charge on any atom is -0.454 e.